The van der Waals surface area contributed by atoms with E-state index < -0.39 is 0 Å². The maximum atomic E-state index is 12.3. The van der Waals surface area contributed by atoms with E-state index in [4.69, 9.17) is 4.74 Å². The lowest BCUT2D eigenvalue weighted by molar-refractivity contribution is 0.102. The van der Waals surface area contributed by atoms with Gasteiger partial charge in [-0.15, -0.1) is 22.7 Å². The lowest BCUT2D eigenvalue weighted by atomic mass is 10.2. The van der Waals surface area contributed by atoms with Crippen LogP contribution in [-0.4, -0.2) is 22.5 Å². The highest BCUT2D eigenvalue weighted by Crippen LogP contribution is 2.28. The van der Waals surface area contributed by atoms with Crippen LogP contribution in [0.5, 0.6) is 5.88 Å². The summed E-state index contributed by atoms with van der Waals surface area (Å²) in [5.74, 6) is 0.0566. The SMILES string of the molecule is CCOc1ncccc1C(=O)Nc1nc(-c2cccs2)cs1. The first-order valence-corrected chi connectivity index (χ1v) is 8.42. The number of hydrogen-bond donors (Lipinski definition) is 1. The molecule has 0 fully saturated rings. The standard InChI is InChI=1S/C15H13N3O2S2/c1-2-20-14-10(5-3-7-16-14)13(19)18-15-17-11(9-22-15)12-6-4-8-21-12/h3-9H,2H2,1H3,(H,17,18,19). The van der Waals surface area contributed by atoms with Gasteiger partial charge in [0, 0.05) is 11.6 Å². The molecular formula is C15H13N3O2S2. The van der Waals surface area contributed by atoms with E-state index in [1.165, 1.54) is 11.3 Å². The van der Waals surface area contributed by atoms with E-state index in [0.29, 0.717) is 23.2 Å². The van der Waals surface area contributed by atoms with Crippen molar-refractivity contribution in [2.24, 2.45) is 0 Å². The van der Waals surface area contributed by atoms with E-state index in [2.05, 4.69) is 15.3 Å². The molecule has 0 spiro atoms. The predicted octanol–water partition coefficient (Wildman–Crippen LogP) is 3.92. The number of amides is 1. The highest BCUT2D eigenvalue weighted by Gasteiger charge is 2.15. The third-order valence-electron chi connectivity index (χ3n) is 2.80. The number of nitrogens with one attached hydrogen (secondary N) is 1. The zero-order valence-electron chi connectivity index (χ0n) is 11.8. The van der Waals surface area contributed by atoms with Crippen LogP contribution >= 0.6 is 22.7 Å². The molecule has 0 aliphatic carbocycles. The average Bonchev–Trinajstić information content (AvgIpc) is 3.19. The van der Waals surface area contributed by atoms with Crippen LogP contribution in [0.1, 0.15) is 17.3 Å². The van der Waals surface area contributed by atoms with Crippen molar-refractivity contribution in [2.75, 3.05) is 11.9 Å². The molecule has 7 heteroatoms. The minimum absolute atomic E-state index is 0.274. The van der Waals surface area contributed by atoms with Crippen LogP contribution < -0.4 is 10.1 Å². The molecule has 0 aliphatic rings. The normalized spacial score (nSPS) is 10.4. The molecular weight excluding hydrogens is 318 g/mol. The molecule has 0 bridgehead atoms. The van der Waals surface area contributed by atoms with Gasteiger partial charge >= 0.3 is 0 Å². The third-order valence-corrected chi connectivity index (χ3v) is 4.45. The predicted molar refractivity (Wildman–Crippen MR) is 88.8 cm³/mol. The van der Waals surface area contributed by atoms with Crippen LogP contribution in [0.3, 0.4) is 0 Å². The Bertz CT molecular complexity index is 769. The minimum atomic E-state index is -0.274. The Morgan fingerprint density at radius 2 is 2.23 bits per heavy atom. The van der Waals surface area contributed by atoms with Crippen molar-refractivity contribution >= 4 is 33.7 Å². The van der Waals surface area contributed by atoms with E-state index >= 15 is 0 Å². The maximum absolute atomic E-state index is 12.3. The molecule has 112 valence electrons. The number of carbonyl (C=O) groups excluding carboxylic acids is 1. The summed E-state index contributed by atoms with van der Waals surface area (Å²) in [6.07, 6.45) is 1.60. The number of carbonyl (C=O) groups is 1. The lowest BCUT2D eigenvalue weighted by Gasteiger charge is -2.07. The van der Waals surface area contributed by atoms with Crippen LogP contribution in [0, 0.1) is 0 Å². The Kier molecular flexibility index (Phi) is 4.45. The van der Waals surface area contributed by atoms with Crippen molar-refractivity contribution in [1.29, 1.82) is 0 Å². The highest BCUT2D eigenvalue weighted by molar-refractivity contribution is 7.16. The fourth-order valence-electron chi connectivity index (χ4n) is 1.85. The molecule has 3 rings (SSSR count). The number of anilines is 1. The van der Waals surface area contributed by atoms with Crippen molar-refractivity contribution in [3.05, 3.63) is 46.8 Å². The second-order valence-corrected chi connectivity index (χ2v) is 6.06. The van der Waals surface area contributed by atoms with Crippen molar-refractivity contribution < 1.29 is 9.53 Å². The van der Waals surface area contributed by atoms with Gasteiger partial charge in [-0.25, -0.2) is 9.97 Å². The van der Waals surface area contributed by atoms with Gasteiger partial charge < -0.3 is 4.74 Å². The van der Waals surface area contributed by atoms with E-state index in [1.807, 2.05) is 29.8 Å². The van der Waals surface area contributed by atoms with E-state index in [1.54, 1.807) is 29.7 Å². The molecule has 0 radical (unpaired) electrons. The van der Waals surface area contributed by atoms with E-state index in [9.17, 15) is 4.79 Å². The van der Waals surface area contributed by atoms with Gasteiger partial charge in [0.15, 0.2) is 5.13 Å². The summed E-state index contributed by atoms with van der Waals surface area (Å²) in [6, 6.07) is 7.36. The third kappa shape index (κ3) is 3.15. The number of pyridine rings is 1. The smallest absolute Gasteiger partial charge is 0.262 e. The molecule has 5 nitrogen and oxygen atoms in total. The molecule has 22 heavy (non-hydrogen) atoms. The zero-order chi connectivity index (χ0) is 15.4. The second-order valence-electron chi connectivity index (χ2n) is 4.26. The zero-order valence-corrected chi connectivity index (χ0v) is 13.4. The summed E-state index contributed by atoms with van der Waals surface area (Å²) >= 11 is 3.01. The van der Waals surface area contributed by atoms with E-state index in [0.717, 1.165) is 10.6 Å². The summed E-state index contributed by atoms with van der Waals surface area (Å²) in [5, 5.41) is 7.27. The number of hydrogen-bond acceptors (Lipinski definition) is 6. The maximum Gasteiger partial charge on any atom is 0.262 e. The number of nitrogens with zero attached hydrogens (tertiary/aromatic N) is 2. The van der Waals surface area contributed by atoms with Gasteiger partial charge in [-0.2, -0.15) is 0 Å². The molecule has 3 aromatic heterocycles. The van der Waals surface area contributed by atoms with Crippen LogP contribution in [0.4, 0.5) is 5.13 Å². The number of aromatic nitrogens is 2. The largest absolute Gasteiger partial charge is 0.477 e. The first kappa shape index (κ1) is 14.7. The first-order chi connectivity index (χ1) is 10.8. The Morgan fingerprint density at radius 3 is 3.00 bits per heavy atom. The molecule has 0 aliphatic heterocycles. The second kappa shape index (κ2) is 6.67. The molecule has 0 saturated carbocycles. The van der Waals surface area contributed by atoms with E-state index in [-0.39, 0.29) is 5.91 Å². The van der Waals surface area contributed by atoms with Crippen LogP contribution in [0.25, 0.3) is 10.6 Å². The number of thiophene rings is 1. The Morgan fingerprint density at radius 1 is 1.32 bits per heavy atom. The molecule has 0 atom stereocenters. The van der Waals surface area contributed by atoms with Gasteiger partial charge in [0.2, 0.25) is 5.88 Å². The van der Waals surface area contributed by atoms with Crippen molar-refractivity contribution in [3.8, 4) is 16.5 Å². The summed E-state index contributed by atoms with van der Waals surface area (Å²) in [4.78, 5) is 21.9. The van der Waals surface area contributed by atoms with Crippen molar-refractivity contribution in [2.45, 2.75) is 6.92 Å². The molecule has 1 N–H and O–H groups in total. The molecule has 3 aromatic rings. The number of ether oxygens (including phenoxy) is 1. The molecule has 0 aromatic carbocycles. The highest BCUT2D eigenvalue weighted by atomic mass is 32.1. The molecule has 1 amide bonds. The van der Waals surface area contributed by atoms with Gasteiger partial charge in [0.05, 0.1) is 17.2 Å². The van der Waals surface area contributed by atoms with Gasteiger partial charge in [-0.05, 0) is 30.5 Å². The lowest BCUT2D eigenvalue weighted by Crippen LogP contribution is -2.14. The molecule has 3 heterocycles. The fraction of sp³-hybridized carbons (Fsp3) is 0.133. The monoisotopic (exact) mass is 331 g/mol. The number of thiazole rings is 1. The molecule has 0 saturated heterocycles. The Labute approximate surface area is 135 Å². The minimum Gasteiger partial charge on any atom is -0.477 e. The fourth-order valence-corrected chi connectivity index (χ4v) is 3.31. The Balaban J connectivity index is 1.77. The van der Waals surface area contributed by atoms with Crippen LogP contribution in [-0.2, 0) is 0 Å². The number of rotatable bonds is 5. The Hall–Kier alpha value is -2.25. The average molecular weight is 331 g/mol. The van der Waals surface area contributed by atoms with Crippen LogP contribution in [0.2, 0.25) is 0 Å². The van der Waals surface area contributed by atoms with Gasteiger partial charge in [-0.3, -0.25) is 10.1 Å². The van der Waals surface area contributed by atoms with Gasteiger partial charge in [0.1, 0.15) is 5.56 Å². The summed E-state index contributed by atoms with van der Waals surface area (Å²) in [7, 11) is 0. The summed E-state index contributed by atoms with van der Waals surface area (Å²) in [5.41, 5.74) is 1.27. The molecule has 0 unspecified atom stereocenters. The van der Waals surface area contributed by atoms with Crippen molar-refractivity contribution in [1.82, 2.24) is 9.97 Å². The van der Waals surface area contributed by atoms with Crippen molar-refractivity contribution in [3.63, 3.8) is 0 Å². The summed E-state index contributed by atoms with van der Waals surface area (Å²) in [6.45, 7) is 2.31. The quantitative estimate of drug-likeness (QED) is 0.769. The van der Waals surface area contributed by atoms with Crippen LogP contribution in [0.15, 0.2) is 41.2 Å². The first-order valence-electron chi connectivity index (χ1n) is 6.66. The topological polar surface area (TPSA) is 64.1 Å². The summed E-state index contributed by atoms with van der Waals surface area (Å²) < 4.78 is 5.37. The van der Waals surface area contributed by atoms with Gasteiger partial charge in [0.25, 0.3) is 5.91 Å². The van der Waals surface area contributed by atoms with Gasteiger partial charge in [-0.1, -0.05) is 6.07 Å².